The van der Waals surface area contributed by atoms with Crippen molar-refractivity contribution in [1.29, 1.82) is 0 Å². The Morgan fingerprint density at radius 3 is 2.25 bits per heavy atom. The monoisotopic (exact) mass is 428 g/mol. The molecule has 1 N–H and O–H groups in total. The molecule has 0 aliphatic rings. The van der Waals surface area contributed by atoms with Gasteiger partial charge in [0.25, 0.3) is 0 Å². The van der Waals surface area contributed by atoms with Gasteiger partial charge in [0, 0.05) is 23.6 Å². The van der Waals surface area contributed by atoms with Gasteiger partial charge in [-0.3, -0.25) is 0 Å². The SMILES string of the molecule is C=CC(=C)Nc1cc(CC)cc(C(=C/C)/C(C)=C(C(=C)C)/C(=C\C)c2ccnc(F)c2)c1. The fourth-order valence-electron chi connectivity index (χ4n) is 3.87. The minimum absolute atomic E-state index is 0.499. The van der Waals surface area contributed by atoms with Crippen LogP contribution in [0, 0.1) is 5.95 Å². The molecule has 32 heavy (non-hydrogen) atoms. The van der Waals surface area contributed by atoms with E-state index in [1.165, 1.54) is 17.8 Å². The van der Waals surface area contributed by atoms with Gasteiger partial charge >= 0.3 is 0 Å². The van der Waals surface area contributed by atoms with Crippen molar-refractivity contribution in [3.63, 3.8) is 0 Å². The summed E-state index contributed by atoms with van der Waals surface area (Å²) >= 11 is 0. The van der Waals surface area contributed by atoms with E-state index in [2.05, 4.69) is 68.2 Å². The van der Waals surface area contributed by atoms with Crippen LogP contribution in [-0.4, -0.2) is 4.98 Å². The first-order valence-electron chi connectivity index (χ1n) is 10.8. The lowest BCUT2D eigenvalue weighted by atomic mass is 9.85. The van der Waals surface area contributed by atoms with Crippen LogP contribution in [0.25, 0.3) is 11.1 Å². The van der Waals surface area contributed by atoms with Crippen molar-refractivity contribution in [2.75, 3.05) is 5.32 Å². The predicted molar refractivity (Wildman–Crippen MR) is 138 cm³/mol. The third-order valence-electron chi connectivity index (χ3n) is 5.35. The van der Waals surface area contributed by atoms with Crippen LogP contribution in [0.3, 0.4) is 0 Å². The van der Waals surface area contributed by atoms with E-state index in [9.17, 15) is 4.39 Å². The third-order valence-corrected chi connectivity index (χ3v) is 5.35. The van der Waals surface area contributed by atoms with Gasteiger partial charge in [-0.1, -0.05) is 50.5 Å². The number of anilines is 1. The molecule has 1 heterocycles. The van der Waals surface area contributed by atoms with Gasteiger partial charge in [-0.25, -0.2) is 4.98 Å². The molecule has 2 aromatic rings. The largest absolute Gasteiger partial charge is 0.356 e. The fraction of sp³-hybridized carbons (Fsp3) is 0.207. The van der Waals surface area contributed by atoms with Gasteiger partial charge in [0.2, 0.25) is 5.95 Å². The number of nitrogens with zero attached hydrogens (tertiary/aromatic N) is 1. The van der Waals surface area contributed by atoms with E-state index in [4.69, 9.17) is 0 Å². The molecule has 0 spiro atoms. The summed E-state index contributed by atoms with van der Waals surface area (Å²) in [5, 5.41) is 3.31. The first kappa shape index (κ1) is 24.8. The van der Waals surface area contributed by atoms with Crippen LogP contribution in [0.2, 0.25) is 0 Å². The lowest BCUT2D eigenvalue weighted by molar-refractivity contribution is 0.583. The maximum atomic E-state index is 13.9. The Bertz CT molecular complexity index is 1130. The summed E-state index contributed by atoms with van der Waals surface area (Å²) in [4.78, 5) is 3.70. The summed E-state index contributed by atoms with van der Waals surface area (Å²) in [7, 11) is 0. The van der Waals surface area contributed by atoms with E-state index in [1.54, 1.807) is 6.08 Å². The molecule has 0 amide bonds. The van der Waals surface area contributed by atoms with Gasteiger partial charge < -0.3 is 5.32 Å². The number of benzene rings is 1. The van der Waals surface area contributed by atoms with Crippen molar-refractivity contribution in [3.05, 3.63) is 120 Å². The normalized spacial score (nSPS) is 12.8. The zero-order valence-electron chi connectivity index (χ0n) is 19.8. The predicted octanol–water partition coefficient (Wildman–Crippen LogP) is 8.29. The molecule has 0 saturated carbocycles. The summed E-state index contributed by atoms with van der Waals surface area (Å²) in [5.74, 6) is -0.499. The number of aryl methyl sites for hydroxylation is 1. The topological polar surface area (TPSA) is 24.9 Å². The summed E-state index contributed by atoms with van der Waals surface area (Å²) < 4.78 is 13.9. The van der Waals surface area contributed by atoms with Crippen LogP contribution in [0.5, 0.6) is 0 Å². The molecule has 0 saturated heterocycles. The number of pyridine rings is 1. The zero-order valence-corrected chi connectivity index (χ0v) is 19.8. The zero-order chi connectivity index (χ0) is 23.8. The maximum Gasteiger partial charge on any atom is 0.213 e. The van der Waals surface area contributed by atoms with Crippen molar-refractivity contribution in [2.45, 2.75) is 41.0 Å². The van der Waals surface area contributed by atoms with E-state index in [0.29, 0.717) is 0 Å². The Kier molecular flexibility index (Phi) is 8.71. The van der Waals surface area contributed by atoms with E-state index in [0.717, 1.165) is 56.8 Å². The Morgan fingerprint density at radius 1 is 1.03 bits per heavy atom. The van der Waals surface area contributed by atoms with E-state index in [-0.39, 0.29) is 0 Å². The number of halogens is 1. The second kappa shape index (κ2) is 11.2. The standard InChI is InChI=1S/C29H33FN2/c1-9-20(7)32-25-16-22(10-2)15-24(17-25)26(11-3)21(8)29(19(5)6)27(12-4)23-13-14-31-28(30)18-23/h9,11-18,32H,1,5,7,10H2,2-4,6,8H3/b26-11+,27-12-,29-21+. The lowest BCUT2D eigenvalue weighted by Gasteiger charge is -2.20. The average molecular weight is 429 g/mol. The molecular weight excluding hydrogens is 395 g/mol. The second-order valence-corrected chi connectivity index (χ2v) is 7.68. The number of aromatic nitrogens is 1. The number of nitrogens with one attached hydrogen (secondary N) is 1. The quantitative estimate of drug-likeness (QED) is 0.321. The smallest absolute Gasteiger partial charge is 0.213 e. The van der Waals surface area contributed by atoms with Gasteiger partial charge in [-0.05, 0) is 97.4 Å². The van der Waals surface area contributed by atoms with Crippen molar-refractivity contribution in [2.24, 2.45) is 0 Å². The summed E-state index contributed by atoms with van der Waals surface area (Å²) in [6.07, 6.45) is 8.21. The van der Waals surface area contributed by atoms with Crippen LogP contribution in [0.1, 0.15) is 51.3 Å². The highest BCUT2D eigenvalue weighted by Crippen LogP contribution is 2.37. The Morgan fingerprint density at radius 2 is 1.72 bits per heavy atom. The highest BCUT2D eigenvalue weighted by molar-refractivity contribution is 5.91. The van der Waals surface area contributed by atoms with Crippen molar-refractivity contribution in [3.8, 4) is 0 Å². The van der Waals surface area contributed by atoms with E-state index in [1.807, 2.05) is 32.9 Å². The number of hydrogen-bond acceptors (Lipinski definition) is 2. The molecule has 0 atom stereocenters. The highest BCUT2D eigenvalue weighted by atomic mass is 19.1. The van der Waals surface area contributed by atoms with Gasteiger partial charge in [0.05, 0.1) is 0 Å². The third kappa shape index (κ3) is 5.82. The van der Waals surface area contributed by atoms with E-state index >= 15 is 0 Å². The van der Waals surface area contributed by atoms with Crippen LogP contribution < -0.4 is 5.32 Å². The minimum atomic E-state index is -0.499. The van der Waals surface area contributed by atoms with Crippen LogP contribution in [0.15, 0.2) is 96.9 Å². The molecule has 0 bridgehead atoms. The van der Waals surface area contributed by atoms with Gasteiger partial charge in [0.1, 0.15) is 0 Å². The molecule has 0 fully saturated rings. The molecule has 166 valence electrons. The Balaban J connectivity index is 2.70. The van der Waals surface area contributed by atoms with Crippen LogP contribution in [-0.2, 0) is 6.42 Å². The number of hydrogen-bond donors (Lipinski definition) is 1. The number of rotatable bonds is 9. The molecule has 0 aliphatic heterocycles. The van der Waals surface area contributed by atoms with Crippen molar-refractivity contribution in [1.82, 2.24) is 4.98 Å². The number of allylic oxidation sites excluding steroid dienone is 8. The second-order valence-electron chi connectivity index (χ2n) is 7.68. The highest BCUT2D eigenvalue weighted by Gasteiger charge is 2.16. The van der Waals surface area contributed by atoms with Crippen molar-refractivity contribution < 1.29 is 4.39 Å². The minimum Gasteiger partial charge on any atom is -0.356 e. The molecule has 0 aliphatic carbocycles. The van der Waals surface area contributed by atoms with Gasteiger partial charge in [-0.15, -0.1) is 0 Å². The van der Waals surface area contributed by atoms with Gasteiger partial charge in [0.15, 0.2) is 0 Å². The first-order chi connectivity index (χ1) is 15.2. The Hall–Kier alpha value is -3.46. The summed E-state index contributed by atoms with van der Waals surface area (Å²) in [6.45, 7) is 22.2. The van der Waals surface area contributed by atoms with Crippen LogP contribution in [0.4, 0.5) is 10.1 Å². The molecule has 2 rings (SSSR count). The summed E-state index contributed by atoms with van der Waals surface area (Å²) in [5.41, 5.74) is 9.82. The Labute approximate surface area is 192 Å². The molecular formula is C29H33FN2. The lowest BCUT2D eigenvalue weighted by Crippen LogP contribution is -2.01. The maximum absolute atomic E-state index is 13.9. The fourth-order valence-corrected chi connectivity index (χ4v) is 3.87. The molecule has 1 aromatic heterocycles. The first-order valence-corrected chi connectivity index (χ1v) is 10.8. The van der Waals surface area contributed by atoms with E-state index < -0.39 is 5.95 Å². The van der Waals surface area contributed by atoms with Crippen molar-refractivity contribution >= 4 is 16.8 Å². The van der Waals surface area contributed by atoms with Gasteiger partial charge in [-0.2, -0.15) is 4.39 Å². The average Bonchev–Trinajstić information content (AvgIpc) is 2.77. The molecule has 1 aromatic carbocycles. The summed E-state index contributed by atoms with van der Waals surface area (Å²) in [6, 6.07) is 9.73. The molecule has 2 nitrogen and oxygen atoms in total. The molecule has 3 heteroatoms. The molecule has 0 unspecified atom stereocenters. The molecule has 0 radical (unpaired) electrons. The van der Waals surface area contributed by atoms with Crippen LogP contribution >= 0.6 is 0 Å².